The van der Waals surface area contributed by atoms with Gasteiger partial charge in [0, 0.05) is 11.3 Å². The summed E-state index contributed by atoms with van der Waals surface area (Å²) < 4.78 is 0. The third-order valence-electron chi connectivity index (χ3n) is 2.21. The van der Waals surface area contributed by atoms with Crippen molar-refractivity contribution in [3.05, 3.63) is 41.6 Å². The Balaban J connectivity index is 2.29. The van der Waals surface area contributed by atoms with Crippen LogP contribution in [-0.2, 0) is 6.42 Å². The van der Waals surface area contributed by atoms with Crippen molar-refractivity contribution >= 4 is 0 Å². The van der Waals surface area contributed by atoms with Gasteiger partial charge in [0.05, 0.1) is 29.8 Å². The minimum absolute atomic E-state index is 0.323. The van der Waals surface area contributed by atoms with Gasteiger partial charge in [0.25, 0.3) is 0 Å². The van der Waals surface area contributed by atoms with Crippen LogP contribution in [0.2, 0.25) is 0 Å². The maximum absolute atomic E-state index is 8.67. The van der Waals surface area contributed by atoms with E-state index < -0.39 is 0 Å². The molecule has 1 aromatic carbocycles. The number of hydrogen-bond donors (Lipinski definition) is 1. The number of aromatic amines is 1. The second kappa shape index (κ2) is 4.29. The van der Waals surface area contributed by atoms with E-state index in [1.165, 1.54) is 0 Å². The highest BCUT2D eigenvalue weighted by atomic mass is 15.1. The van der Waals surface area contributed by atoms with Crippen LogP contribution in [0.1, 0.15) is 11.3 Å². The zero-order chi connectivity index (χ0) is 11.4. The summed E-state index contributed by atoms with van der Waals surface area (Å²) in [6, 6.07) is 13.1. The number of hydrogen-bond acceptors (Lipinski definition) is 3. The van der Waals surface area contributed by atoms with Crippen LogP contribution >= 0.6 is 0 Å². The molecule has 0 radical (unpaired) electrons. The van der Waals surface area contributed by atoms with Gasteiger partial charge in [-0.05, 0) is 18.2 Å². The van der Waals surface area contributed by atoms with Crippen molar-refractivity contribution in [2.45, 2.75) is 6.42 Å². The number of aromatic nitrogens is 2. The quantitative estimate of drug-likeness (QED) is 0.820. The fourth-order valence-corrected chi connectivity index (χ4v) is 1.40. The zero-order valence-corrected chi connectivity index (χ0v) is 8.44. The van der Waals surface area contributed by atoms with E-state index in [1.807, 2.05) is 18.2 Å². The maximum atomic E-state index is 8.67. The predicted molar refractivity (Wildman–Crippen MR) is 58.1 cm³/mol. The van der Waals surface area contributed by atoms with Gasteiger partial charge in [0.2, 0.25) is 0 Å². The van der Waals surface area contributed by atoms with Gasteiger partial charge in [-0.15, -0.1) is 0 Å². The third-order valence-corrected chi connectivity index (χ3v) is 2.21. The van der Waals surface area contributed by atoms with E-state index >= 15 is 0 Å². The average Bonchev–Trinajstić information content (AvgIpc) is 2.78. The molecule has 0 amide bonds. The summed E-state index contributed by atoms with van der Waals surface area (Å²) in [6.45, 7) is 0. The molecule has 0 spiro atoms. The number of nitrogens with one attached hydrogen (secondary N) is 1. The van der Waals surface area contributed by atoms with E-state index in [0.29, 0.717) is 12.0 Å². The Morgan fingerprint density at radius 2 is 1.94 bits per heavy atom. The number of H-pyrrole nitrogens is 1. The molecule has 0 aliphatic carbocycles. The molecule has 1 heterocycles. The van der Waals surface area contributed by atoms with Gasteiger partial charge in [0.1, 0.15) is 0 Å². The number of nitriles is 2. The first kappa shape index (κ1) is 9.95. The Kier molecular flexibility index (Phi) is 2.67. The Labute approximate surface area is 92.8 Å². The van der Waals surface area contributed by atoms with Crippen LogP contribution in [0, 0.1) is 22.7 Å². The predicted octanol–water partition coefficient (Wildman–Crippen LogP) is 2.01. The number of nitrogens with zero attached hydrogens (tertiary/aromatic N) is 3. The summed E-state index contributed by atoms with van der Waals surface area (Å²) in [4.78, 5) is 0. The van der Waals surface area contributed by atoms with Crippen LogP contribution in [0.15, 0.2) is 30.3 Å². The normalized spacial score (nSPS) is 9.38. The van der Waals surface area contributed by atoms with E-state index in [2.05, 4.69) is 22.3 Å². The molecule has 1 aromatic heterocycles. The summed E-state index contributed by atoms with van der Waals surface area (Å²) in [5, 5.41) is 24.1. The first-order valence-electron chi connectivity index (χ1n) is 4.75. The van der Waals surface area contributed by atoms with Crippen LogP contribution < -0.4 is 0 Å². The topological polar surface area (TPSA) is 76.3 Å². The molecule has 0 unspecified atom stereocenters. The molecule has 0 saturated carbocycles. The first-order valence-corrected chi connectivity index (χ1v) is 4.75. The fraction of sp³-hybridized carbons (Fsp3) is 0.0833. The largest absolute Gasteiger partial charge is 0.281 e. The summed E-state index contributed by atoms with van der Waals surface area (Å²) in [7, 11) is 0. The minimum Gasteiger partial charge on any atom is -0.281 e. The van der Waals surface area contributed by atoms with Gasteiger partial charge < -0.3 is 0 Å². The zero-order valence-electron chi connectivity index (χ0n) is 8.44. The monoisotopic (exact) mass is 208 g/mol. The first-order chi connectivity index (χ1) is 7.83. The van der Waals surface area contributed by atoms with Crippen LogP contribution in [0.5, 0.6) is 0 Å². The molecule has 0 saturated heterocycles. The van der Waals surface area contributed by atoms with Crippen LogP contribution in [0.3, 0.4) is 0 Å². The lowest BCUT2D eigenvalue weighted by atomic mass is 10.1. The molecule has 0 aliphatic rings. The van der Waals surface area contributed by atoms with E-state index in [-0.39, 0.29) is 0 Å². The molecule has 4 nitrogen and oxygen atoms in total. The third kappa shape index (κ3) is 1.92. The van der Waals surface area contributed by atoms with Crippen molar-refractivity contribution < 1.29 is 0 Å². The molecule has 0 fully saturated rings. The van der Waals surface area contributed by atoms with E-state index in [4.69, 9.17) is 10.5 Å². The Morgan fingerprint density at radius 1 is 1.19 bits per heavy atom. The minimum atomic E-state index is 0.323. The average molecular weight is 208 g/mol. The molecule has 0 atom stereocenters. The molecule has 0 bridgehead atoms. The summed E-state index contributed by atoms with van der Waals surface area (Å²) >= 11 is 0. The number of rotatable bonds is 2. The highest BCUT2D eigenvalue weighted by Gasteiger charge is 2.03. The molecule has 76 valence electrons. The van der Waals surface area contributed by atoms with E-state index in [1.54, 1.807) is 12.1 Å². The van der Waals surface area contributed by atoms with Crippen LogP contribution in [0.25, 0.3) is 11.3 Å². The van der Waals surface area contributed by atoms with Crippen molar-refractivity contribution in [3.8, 4) is 23.4 Å². The molecule has 2 aromatic rings. The lowest BCUT2D eigenvalue weighted by Crippen LogP contribution is -1.79. The van der Waals surface area contributed by atoms with Crippen molar-refractivity contribution in [2.75, 3.05) is 0 Å². The molecule has 2 rings (SSSR count). The summed E-state index contributed by atoms with van der Waals surface area (Å²) in [5.41, 5.74) is 3.13. The van der Waals surface area contributed by atoms with Gasteiger partial charge >= 0.3 is 0 Å². The molecule has 4 heteroatoms. The van der Waals surface area contributed by atoms with E-state index in [0.717, 1.165) is 17.0 Å². The number of benzene rings is 1. The Hall–Kier alpha value is -2.59. The highest BCUT2D eigenvalue weighted by Crippen LogP contribution is 2.18. The molecule has 16 heavy (non-hydrogen) atoms. The molecular weight excluding hydrogens is 200 g/mol. The smallest absolute Gasteiger partial charge is 0.0991 e. The van der Waals surface area contributed by atoms with Gasteiger partial charge in [-0.1, -0.05) is 12.1 Å². The summed E-state index contributed by atoms with van der Waals surface area (Å²) in [5.74, 6) is 0. The van der Waals surface area contributed by atoms with Gasteiger partial charge in [0.15, 0.2) is 0 Å². The molecule has 1 N–H and O–H groups in total. The fourth-order valence-electron chi connectivity index (χ4n) is 1.40. The van der Waals surface area contributed by atoms with Crippen LogP contribution in [-0.4, -0.2) is 10.2 Å². The molecular formula is C12H8N4. The van der Waals surface area contributed by atoms with Crippen molar-refractivity contribution in [1.82, 2.24) is 10.2 Å². The Bertz CT molecular complexity index is 566. The van der Waals surface area contributed by atoms with E-state index in [9.17, 15) is 0 Å². The maximum Gasteiger partial charge on any atom is 0.0991 e. The highest BCUT2D eigenvalue weighted by molar-refractivity contribution is 5.60. The van der Waals surface area contributed by atoms with Crippen LogP contribution in [0.4, 0.5) is 0 Å². The lowest BCUT2D eigenvalue weighted by Gasteiger charge is -1.94. The molecule has 0 aliphatic heterocycles. The SMILES string of the molecule is N#CCc1cc(-c2ccc(C#N)cc2)n[nH]1. The summed E-state index contributed by atoms with van der Waals surface area (Å²) in [6.07, 6.45) is 0.323. The van der Waals surface area contributed by atoms with Gasteiger partial charge in [-0.25, -0.2) is 0 Å². The lowest BCUT2D eigenvalue weighted by molar-refractivity contribution is 1.02. The standard InChI is InChI=1S/C12H8N4/c13-6-5-11-7-12(16-15-11)10-3-1-9(8-14)2-4-10/h1-4,7H,5H2,(H,15,16). The second-order valence-corrected chi connectivity index (χ2v) is 3.30. The van der Waals surface area contributed by atoms with Gasteiger partial charge in [-0.3, -0.25) is 5.10 Å². The Morgan fingerprint density at radius 3 is 2.56 bits per heavy atom. The van der Waals surface area contributed by atoms with Crippen molar-refractivity contribution in [2.24, 2.45) is 0 Å². The second-order valence-electron chi connectivity index (χ2n) is 3.30. The van der Waals surface area contributed by atoms with Crippen molar-refractivity contribution in [1.29, 1.82) is 10.5 Å². The van der Waals surface area contributed by atoms with Crippen molar-refractivity contribution in [3.63, 3.8) is 0 Å². The van der Waals surface area contributed by atoms with Gasteiger partial charge in [-0.2, -0.15) is 15.6 Å².